The average Bonchev–Trinajstić information content (AvgIpc) is 3.23. The number of halogens is 1. The van der Waals surface area contributed by atoms with Crippen LogP contribution < -0.4 is 5.32 Å². The fraction of sp³-hybridized carbons (Fsp3) is 0.222. The van der Waals surface area contributed by atoms with Crippen molar-refractivity contribution in [3.63, 3.8) is 0 Å². The van der Waals surface area contributed by atoms with E-state index in [1.165, 1.54) is 16.8 Å². The predicted molar refractivity (Wildman–Crippen MR) is 106 cm³/mol. The van der Waals surface area contributed by atoms with Crippen molar-refractivity contribution < 1.29 is 12.8 Å². The van der Waals surface area contributed by atoms with Crippen molar-refractivity contribution in [1.82, 2.24) is 29.5 Å². The van der Waals surface area contributed by atoms with Crippen molar-refractivity contribution in [1.29, 1.82) is 0 Å². The Bertz CT molecular complexity index is 1300. The van der Waals surface area contributed by atoms with Gasteiger partial charge in [-0.25, -0.2) is 22.5 Å². The summed E-state index contributed by atoms with van der Waals surface area (Å²) >= 11 is 0. The second kappa shape index (κ2) is 7.24. The zero-order valence-corrected chi connectivity index (χ0v) is 16.6. The number of aromatic nitrogens is 6. The van der Waals surface area contributed by atoms with E-state index in [0.29, 0.717) is 22.5 Å². The van der Waals surface area contributed by atoms with Crippen LogP contribution in [0.4, 0.5) is 16.0 Å². The highest BCUT2D eigenvalue weighted by atomic mass is 32.2. The minimum absolute atomic E-state index is 0.0460. The number of aryl methyl sites for hydroxylation is 1. The molecule has 0 unspecified atom stereocenters. The van der Waals surface area contributed by atoms with Crippen molar-refractivity contribution in [3.05, 3.63) is 59.9 Å². The van der Waals surface area contributed by atoms with Gasteiger partial charge in [-0.3, -0.25) is 4.68 Å². The Balaban J connectivity index is 1.69. The topological polar surface area (TPSA) is 108 Å². The highest BCUT2D eigenvalue weighted by Crippen LogP contribution is 2.21. The zero-order chi connectivity index (χ0) is 20.6. The lowest BCUT2D eigenvalue weighted by atomic mass is 10.1. The first kappa shape index (κ1) is 19.0. The highest BCUT2D eigenvalue weighted by Gasteiger charge is 2.16. The van der Waals surface area contributed by atoms with E-state index < -0.39 is 15.7 Å². The van der Waals surface area contributed by atoms with E-state index in [4.69, 9.17) is 0 Å². The van der Waals surface area contributed by atoms with E-state index in [-0.39, 0.29) is 17.9 Å². The summed E-state index contributed by atoms with van der Waals surface area (Å²) in [7, 11) is -1.52. The predicted octanol–water partition coefficient (Wildman–Crippen LogP) is 2.04. The van der Waals surface area contributed by atoms with Gasteiger partial charge in [0.15, 0.2) is 15.5 Å². The first-order valence-corrected chi connectivity index (χ1v) is 10.7. The van der Waals surface area contributed by atoms with Crippen molar-refractivity contribution >= 4 is 32.5 Å². The molecule has 0 aliphatic rings. The van der Waals surface area contributed by atoms with E-state index in [2.05, 4.69) is 25.5 Å². The van der Waals surface area contributed by atoms with Gasteiger partial charge in [-0.05, 0) is 11.6 Å². The fourth-order valence-corrected chi connectivity index (χ4v) is 3.84. The van der Waals surface area contributed by atoms with Crippen molar-refractivity contribution in [3.8, 4) is 0 Å². The second-order valence-corrected chi connectivity index (χ2v) is 8.89. The zero-order valence-electron chi connectivity index (χ0n) is 15.7. The Labute approximate surface area is 166 Å². The lowest BCUT2D eigenvalue weighted by Crippen LogP contribution is -2.11. The third-order valence-electron chi connectivity index (χ3n) is 4.28. The number of sulfone groups is 1. The molecular weight excluding hydrogens is 397 g/mol. The van der Waals surface area contributed by atoms with Crippen molar-refractivity contribution in [2.75, 3.05) is 11.6 Å². The van der Waals surface area contributed by atoms with E-state index in [0.717, 1.165) is 11.9 Å². The van der Waals surface area contributed by atoms with Crippen LogP contribution in [0.2, 0.25) is 0 Å². The maximum Gasteiger partial charge on any atom is 0.229 e. The largest absolute Gasteiger partial charge is 0.321 e. The number of nitrogens with one attached hydrogen (secondary N) is 1. The minimum Gasteiger partial charge on any atom is -0.321 e. The van der Waals surface area contributed by atoms with E-state index >= 15 is 0 Å². The molecule has 0 aliphatic heterocycles. The van der Waals surface area contributed by atoms with Crippen LogP contribution in [0.15, 0.2) is 43.0 Å². The highest BCUT2D eigenvalue weighted by molar-refractivity contribution is 7.89. The Morgan fingerprint density at radius 2 is 2.00 bits per heavy atom. The van der Waals surface area contributed by atoms with Gasteiger partial charge in [-0.1, -0.05) is 12.1 Å². The van der Waals surface area contributed by atoms with Gasteiger partial charge in [0.2, 0.25) is 5.95 Å². The van der Waals surface area contributed by atoms with Crippen LogP contribution in [-0.2, 0) is 29.2 Å². The van der Waals surface area contributed by atoms with E-state index in [9.17, 15) is 12.8 Å². The molecule has 4 aromatic rings. The maximum absolute atomic E-state index is 14.5. The molecule has 29 heavy (non-hydrogen) atoms. The van der Waals surface area contributed by atoms with Crippen LogP contribution in [0.1, 0.15) is 11.1 Å². The Morgan fingerprint density at radius 1 is 1.17 bits per heavy atom. The molecule has 9 nitrogen and oxygen atoms in total. The van der Waals surface area contributed by atoms with Crippen LogP contribution in [0.3, 0.4) is 0 Å². The van der Waals surface area contributed by atoms with Gasteiger partial charge >= 0.3 is 0 Å². The molecule has 0 atom stereocenters. The molecule has 3 aromatic heterocycles. The first-order valence-electron chi connectivity index (χ1n) is 8.67. The maximum atomic E-state index is 14.5. The van der Waals surface area contributed by atoms with Crippen LogP contribution in [0.25, 0.3) is 11.0 Å². The quantitative estimate of drug-likeness (QED) is 0.513. The van der Waals surface area contributed by atoms with Gasteiger partial charge in [-0.2, -0.15) is 15.2 Å². The van der Waals surface area contributed by atoms with Crippen LogP contribution in [-0.4, -0.2) is 44.2 Å². The molecule has 4 rings (SSSR count). The molecular formula is C18H18FN7O2S. The number of hydrogen-bond acceptors (Lipinski definition) is 7. The van der Waals surface area contributed by atoms with Gasteiger partial charge in [0.1, 0.15) is 5.82 Å². The Hall–Kier alpha value is -3.34. The monoisotopic (exact) mass is 415 g/mol. The summed E-state index contributed by atoms with van der Waals surface area (Å²) in [5, 5.41) is 12.1. The molecule has 150 valence electrons. The number of benzene rings is 1. The Morgan fingerprint density at radius 3 is 2.72 bits per heavy atom. The van der Waals surface area contributed by atoms with E-state index in [1.54, 1.807) is 42.6 Å². The summed E-state index contributed by atoms with van der Waals surface area (Å²) in [5.74, 6) is -0.392. The molecule has 1 N–H and O–H groups in total. The Kier molecular flexibility index (Phi) is 4.74. The van der Waals surface area contributed by atoms with Crippen molar-refractivity contribution in [2.45, 2.75) is 12.3 Å². The smallest absolute Gasteiger partial charge is 0.229 e. The summed E-state index contributed by atoms with van der Waals surface area (Å²) in [4.78, 5) is 8.72. The third-order valence-corrected chi connectivity index (χ3v) is 5.11. The van der Waals surface area contributed by atoms with Gasteiger partial charge < -0.3 is 5.32 Å². The lowest BCUT2D eigenvalue weighted by molar-refractivity contribution is 0.583. The molecule has 0 aliphatic carbocycles. The molecule has 0 bridgehead atoms. The fourth-order valence-electron chi connectivity index (χ4n) is 3.01. The van der Waals surface area contributed by atoms with Crippen LogP contribution >= 0.6 is 0 Å². The van der Waals surface area contributed by atoms with Gasteiger partial charge in [0.25, 0.3) is 0 Å². The average molecular weight is 415 g/mol. The van der Waals surface area contributed by atoms with E-state index in [1.807, 2.05) is 0 Å². The molecule has 0 saturated heterocycles. The number of rotatable bonds is 6. The number of nitrogens with zero attached hydrogens (tertiary/aromatic N) is 6. The van der Waals surface area contributed by atoms with Crippen molar-refractivity contribution in [2.24, 2.45) is 7.05 Å². The van der Waals surface area contributed by atoms with Gasteiger partial charge in [-0.15, -0.1) is 0 Å². The normalized spacial score (nSPS) is 11.8. The molecule has 3 heterocycles. The SMILES string of the molecule is Cn1cc(Nc2ncc3cnn(Cc4c(F)cccc4CS(C)(=O)=O)c3n2)cn1. The summed E-state index contributed by atoms with van der Waals surface area (Å²) in [6.45, 7) is 0.0460. The summed E-state index contributed by atoms with van der Waals surface area (Å²) in [6.07, 6.45) is 7.74. The summed E-state index contributed by atoms with van der Waals surface area (Å²) in [6, 6.07) is 4.41. The molecule has 1 aromatic carbocycles. The second-order valence-electron chi connectivity index (χ2n) is 6.75. The standard InChI is InChI=1S/C18H18FN7O2S/c1-25-9-14(8-21-25)23-18-20-6-13-7-22-26(17(13)24-18)10-15-12(11-29(2,27)28)4-3-5-16(15)19/h3-9H,10-11H2,1-2H3,(H,20,23,24). The van der Waals surface area contributed by atoms with Gasteiger partial charge in [0.05, 0.1) is 35.8 Å². The summed E-state index contributed by atoms with van der Waals surface area (Å²) in [5.41, 5.74) is 1.89. The summed E-state index contributed by atoms with van der Waals surface area (Å²) < 4.78 is 41.1. The third kappa shape index (κ3) is 4.24. The number of anilines is 2. The van der Waals surface area contributed by atoms with Crippen LogP contribution in [0.5, 0.6) is 0 Å². The first-order chi connectivity index (χ1) is 13.8. The molecule has 0 saturated carbocycles. The van der Waals surface area contributed by atoms with Gasteiger partial charge in [0, 0.05) is 31.3 Å². The molecule has 0 fully saturated rings. The molecule has 0 radical (unpaired) electrons. The molecule has 11 heteroatoms. The van der Waals surface area contributed by atoms with Crippen LogP contribution in [0, 0.1) is 5.82 Å². The number of fused-ring (bicyclic) bond motifs is 1. The molecule has 0 spiro atoms. The number of hydrogen-bond donors (Lipinski definition) is 1. The molecule has 0 amide bonds. The lowest BCUT2D eigenvalue weighted by Gasteiger charge is -2.11. The minimum atomic E-state index is -3.32.